The molecule has 0 aromatic carbocycles. The number of nitrogens with two attached hydrogens (primary N) is 1. The summed E-state index contributed by atoms with van der Waals surface area (Å²) in [5.41, 5.74) is 4.32. The second kappa shape index (κ2) is 3.46. The predicted molar refractivity (Wildman–Crippen MR) is 46.3 cm³/mol. The molecule has 1 rings (SSSR count). The lowest BCUT2D eigenvalue weighted by molar-refractivity contribution is 0.144. The Kier molecular flexibility index (Phi) is 2.76. The first kappa shape index (κ1) is 9.56. The minimum atomic E-state index is -2.77. The molecule has 6 heteroatoms. The van der Waals surface area contributed by atoms with E-state index in [0.717, 1.165) is 6.07 Å². The minimum Gasteiger partial charge on any atom is -0.395 e. The molecule has 0 spiro atoms. The molecule has 0 unspecified atom stereocenters. The van der Waals surface area contributed by atoms with Crippen LogP contribution in [0.3, 0.4) is 0 Å². The van der Waals surface area contributed by atoms with Crippen molar-refractivity contribution in [2.75, 3.05) is 5.73 Å². The zero-order chi connectivity index (χ0) is 9.30. The monoisotopic (exact) mass is 288 g/mol. The first-order valence-corrected chi connectivity index (χ1v) is 4.00. The van der Waals surface area contributed by atoms with Crippen LogP contribution in [0.5, 0.6) is 0 Å². The van der Waals surface area contributed by atoms with Gasteiger partial charge in [-0.25, -0.2) is 13.8 Å². The van der Waals surface area contributed by atoms with Gasteiger partial charge in [0.25, 0.3) is 6.43 Å². The molecule has 0 bridgehead atoms. The van der Waals surface area contributed by atoms with Crippen molar-refractivity contribution in [2.45, 2.75) is 6.43 Å². The quantitative estimate of drug-likeness (QED) is 0.636. The standard InChI is InChI=1S/C6H4F3IN2/c7-5(8)4-2(10)1-3(11)6(9)12-4/h1,5H,11H2. The zero-order valence-electron chi connectivity index (χ0n) is 5.69. The van der Waals surface area contributed by atoms with Crippen LogP contribution in [-0.2, 0) is 0 Å². The molecule has 0 atom stereocenters. The second-order valence-corrected chi connectivity index (χ2v) is 3.20. The van der Waals surface area contributed by atoms with Crippen LogP contribution in [0.25, 0.3) is 0 Å². The molecule has 0 aliphatic heterocycles. The fourth-order valence-corrected chi connectivity index (χ4v) is 1.34. The Labute approximate surface area is 80.1 Å². The highest BCUT2D eigenvalue weighted by Crippen LogP contribution is 2.24. The Morgan fingerprint density at radius 3 is 2.58 bits per heavy atom. The van der Waals surface area contributed by atoms with Crippen molar-refractivity contribution in [3.63, 3.8) is 0 Å². The van der Waals surface area contributed by atoms with Gasteiger partial charge >= 0.3 is 0 Å². The second-order valence-electron chi connectivity index (χ2n) is 2.04. The molecular formula is C6H4F3IN2. The van der Waals surface area contributed by atoms with E-state index in [1.54, 1.807) is 22.6 Å². The Hall–Kier alpha value is -0.530. The Morgan fingerprint density at radius 1 is 1.50 bits per heavy atom. The molecule has 12 heavy (non-hydrogen) atoms. The maximum Gasteiger partial charge on any atom is 0.281 e. The highest BCUT2D eigenvalue weighted by molar-refractivity contribution is 14.1. The molecule has 0 amide bonds. The molecule has 1 heterocycles. The smallest absolute Gasteiger partial charge is 0.281 e. The van der Waals surface area contributed by atoms with E-state index < -0.39 is 18.1 Å². The van der Waals surface area contributed by atoms with Crippen LogP contribution in [0.4, 0.5) is 18.9 Å². The summed E-state index contributed by atoms with van der Waals surface area (Å²) < 4.78 is 36.8. The van der Waals surface area contributed by atoms with Gasteiger partial charge in [0.05, 0.1) is 5.69 Å². The van der Waals surface area contributed by atoms with Gasteiger partial charge in [-0.2, -0.15) is 4.39 Å². The van der Waals surface area contributed by atoms with Gasteiger partial charge in [0.15, 0.2) is 0 Å². The first-order chi connectivity index (χ1) is 5.52. The lowest BCUT2D eigenvalue weighted by Crippen LogP contribution is -2.01. The van der Waals surface area contributed by atoms with Crippen LogP contribution < -0.4 is 5.73 Å². The summed E-state index contributed by atoms with van der Waals surface area (Å²) in [7, 11) is 0. The van der Waals surface area contributed by atoms with E-state index in [2.05, 4.69) is 4.98 Å². The summed E-state index contributed by atoms with van der Waals surface area (Å²) in [6.45, 7) is 0. The van der Waals surface area contributed by atoms with E-state index in [4.69, 9.17) is 5.73 Å². The minimum absolute atomic E-state index is 0.168. The van der Waals surface area contributed by atoms with Crippen molar-refractivity contribution in [2.24, 2.45) is 0 Å². The number of nitrogen functional groups attached to an aromatic ring is 1. The van der Waals surface area contributed by atoms with Crippen molar-refractivity contribution < 1.29 is 13.2 Å². The van der Waals surface area contributed by atoms with Crippen molar-refractivity contribution in [3.05, 3.63) is 21.3 Å². The molecule has 2 nitrogen and oxygen atoms in total. The van der Waals surface area contributed by atoms with Crippen LogP contribution in [-0.4, -0.2) is 4.98 Å². The van der Waals surface area contributed by atoms with Gasteiger partial charge < -0.3 is 5.73 Å². The van der Waals surface area contributed by atoms with Crippen LogP contribution in [0, 0.1) is 9.52 Å². The van der Waals surface area contributed by atoms with Gasteiger partial charge in [-0.05, 0) is 28.7 Å². The highest BCUT2D eigenvalue weighted by atomic mass is 127. The van der Waals surface area contributed by atoms with Gasteiger partial charge in [0, 0.05) is 3.57 Å². The number of alkyl halides is 2. The molecule has 0 aliphatic carbocycles. The van der Waals surface area contributed by atoms with Crippen molar-refractivity contribution >= 4 is 28.3 Å². The van der Waals surface area contributed by atoms with Crippen molar-refractivity contribution in [1.29, 1.82) is 0 Å². The lowest BCUT2D eigenvalue weighted by Gasteiger charge is -2.03. The molecule has 66 valence electrons. The summed E-state index contributed by atoms with van der Waals surface area (Å²) in [6.07, 6.45) is -2.77. The molecule has 0 saturated carbocycles. The summed E-state index contributed by atoms with van der Waals surface area (Å²) in [5, 5.41) is 0. The Bertz CT molecular complexity index is 303. The van der Waals surface area contributed by atoms with E-state index in [1.807, 2.05) is 0 Å². The average molecular weight is 288 g/mol. The third-order valence-corrected chi connectivity index (χ3v) is 2.05. The summed E-state index contributed by atoms with van der Waals surface area (Å²) in [5.74, 6) is -1.05. The van der Waals surface area contributed by atoms with Gasteiger partial charge in [0.2, 0.25) is 5.95 Å². The highest BCUT2D eigenvalue weighted by Gasteiger charge is 2.15. The fraction of sp³-hybridized carbons (Fsp3) is 0.167. The van der Waals surface area contributed by atoms with Crippen LogP contribution in [0.15, 0.2) is 6.07 Å². The maximum atomic E-state index is 12.5. The maximum absolute atomic E-state index is 12.5. The number of nitrogens with zero attached hydrogens (tertiary/aromatic N) is 1. The van der Waals surface area contributed by atoms with Gasteiger partial charge in [-0.15, -0.1) is 0 Å². The number of hydrogen-bond donors (Lipinski definition) is 1. The van der Waals surface area contributed by atoms with Crippen LogP contribution in [0.2, 0.25) is 0 Å². The van der Waals surface area contributed by atoms with E-state index in [9.17, 15) is 13.2 Å². The normalized spacial score (nSPS) is 10.8. The fourth-order valence-electron chi connectivity index (χ4n) is 0.647. The van der Waals surface area contributed by atoms with E-state index >= 15 is 0 Å². The first-order valence-electron chi connectivity index (χ1n) is 2.92. The number of aromatic nitrogens is 1. The van der Waals surface area contributed by atoms with E-state index in [-0.39, 0.29) is 9.26 Å². The molecule has 0 radical (unpaired) electrons. The number of hydrogen-bond acceptors (Lipinski definition) is 2. The number of anilines is 1. The third-order valence-electron chi connectivity index (χ3n) is 1.19. The summed E-state index contributed by atoms with van der Waals surface area (Å²) >= 11 is 1.63. The summed E-state index contributed by atoms with van der Waals surface area (Å²) in [6, 6.07) is 1.13. The van der Waals surface area contributed by atoms with E-state index in [1.165, 1.54) is 0 Å². The molecule has 1 aromatic heterocycles. The van der Waals surface area contributed by atoms with Crippen molar-refractivity contribution in [1.82, 2.24) is 4.98 Å². The summed E-state index contributed by atoms with van der Waals surface area (Å²) in [4.78, 5) is 3.02. The predicted octanol–water partition coefficient (Wildman–Crippen LogP) is 2.35. The molecule has 2 N–H and O–H groups in total. The lowest BCUT2D eigenvalue weighted by atomic mass is 10.3. The third kappa shape index (κ3) is 1.79. The Morgan fingerprint density at radius 2 is 2.08 bits per heavy atom. The average Bonchev–Trinajstić information content (AvgIpc) is 1.96. The van der Waals surface area contributed by atoms with Crippen LogP contribution in [0.1, 0.15) is 12.1 Å². The van der Waals surface area contributed by atoms with Gasteiger partial charge in [-0.1, -0.05) is 0 Å². The topological polar surface area (TPSA) is 38.9 Å². The zero-order valence-corrected chi connectivity index (χ0v) is 7.85. The SMILES string of the molecule is Nc1cc(I)c(C(F)F)nc1F. The largest absolute Gasteiger partial charge is 0.395 e. The number of pyridine rings is 1. The number of rotatable bonds is 1. The van der Waals surface area contributed by atoms with Crippen molar-refractivity contribution in [3.8, 4) is 0 Å². The number of halogens is 4. The molecule has 1 aromatic rings. The molecule has 0 fully saturated rings. The molecular weight excluding hydrogens is 284 g/mol. The Balaban J connectivity index is 3.23. The van der Waals surface area contributed by atoms with Gasteiger partial charge in [-0.3, -0.25) is 0 Å². The van der Waals surface area contributed by atoms with Gasteiger partial charge in [0.1, 0.15) is 5.69 Å². The molecule has 0 saturated heterocycles. The van der Waals surface area contributed by atoms with Crippen LogP contribution >= 0.6 is 22.6 Å². The molecule has 0 aliphatic rings. The van der Waals surface area contributed by atoms with E-state index in [0.29, 0.717) is 0 Å².